The molecule has 3 aliphatic rings. The maximum atomic E-state index is 15.3. The summed E-state index contributed by atoms with van der Waals surface area (Å²) in [7, 11) is 0. The molecule has 202 valence electrons. The molecule has 2 saturated heterocycles. The fraction of sp³-hybridized carbons (Fsp3) is 0.429. The maximum Gasteiger partial charge on any atom is 0.294 e. The van der Waals surface area contributed by atoms with Crippen molar-refractivity contribution >= 4 is 45.1 Å². The van der Waals surface area contributed by atoms with Crippen molar-refractivity contribution in [1.82, 2.24) is 14.8 Å². The lowest BCUT2D eigenvalue weighted by Crippen LogP contribution is -2.48. The highest BCUT2D eigenvalue weighted by molar-refractivity contribution is 9.10. The van der Waals surface area contributed by atoms with Crippen LogP contribution < -0.4 is 5.32 Å². The second-order valence-corrected chi connectivity index (χ2v) is 11.0. The van der Waals surface area contributed by atoms with Gasteiger partial charge in [0.1, 0.15) is 5.82 Å². The van der Waals surface area contributed by atoms with Crippen LogP contribution in [0.4, 0.5) is 18.9 Å². The van der Waals surface area contributed by atoms with Crippen LogP contribution in [0.5, 0.6) is 0 Å². The second-order valence-electron chi connectivity index (χ2n) is 10.2. The van der Waals surface area contributed by atoms with Gasteiger partial charge in [-0.2, -0.15) is 8.78 Å². The van der Waals surface area contributed by atoms with Gasteiger partial charge in [-0.15, -0.1) is 0 Å². The number of rotatable bonds is 5. The van der Waals surface area contributed by atoms with E-state index < -0.39 is 29.1 Å². The number of nitrogens with zero attached hydrogens (tertiary/aromatic N) is 2. The molecule has 10 heteroatoms. The predicted molar refractivity (Wildman–Crippen MR) is 145 cm³/mol. The average Bonchev–Trinajstić information content (AvgIpc) is 3.41. The first-order valence-electron chi connectivity index (χ1n) is 12.9. The largest absolute Gasteiger partial charge is 0.358 e. The number of carbonyl (C=O) groups is 2. The number of nitrogens with one attached hydrogen (secondary N) is 2. The number of anilines is 1. The number of benzene rings is 1. The van der Waals surface area contributed by atoms with Crippen molar-refractivity contribution in [1.29, 1.82) is 0 Å². The molecule has 0 atom stereocenters. The smallest absolute Gasteiger partial charge is 0.294 e. The van der Waals surface area contributed by atoms with E-state index in [0.29, 0.717) is 35.4 Å². The zero-order chi connectivity index (χ0) is 27.2. The summed E-state index contributed by atoms with van der Waals surface area (Å²) < 4.78 is 45.1. The molecule has 1 aromatic carbocycles. The van der Waals surface area contributed by atoms with Crippen LogP contribution in [-0.4, -0.2) is 58.8 Å². The number of aryl methyl sites for hydroxylation is 1. The number of halogens is 4. The maximum absolute atomic E-state index is 15.3. The first kappa shape index (κ1) is 26.7. The summed E-state index contributed by atoms with van der Waals surface area (Å²) in [4.78, 5) is 33.4. The number of fused-ring (bicyclic) bond motifs is 1. The van der Waals surface area contributed by atoms with E-state index in [-0.39, 0.29) is 28.1 Å². The van der Waals surface area contributed by atoms with E-state index in [9.17, 15) is 14.0 Å². The summed E-state index contributed by atoms with van der Waals surface area (Å²) in [6, 6.07) is 2.79. The highest BCUT2D eigenvalue weighted by Crippen LogP contribution is 2.42. The topological polar surface area (TPSA) is 68.4 Å². The molecule has 6 nitrogen and oxygen atoms in total. The lowest BCUT2D eigenvalue weighted by Gasteiger charge is -2.40. The van der Waals surface area contributed by atoms with Gasteiger partial charge in [-0.3, -0.25) is 9.59 Å². The summed E-state index contributed by atoms with van der Waals surface area (Å²) >= 11 is 3.23. The molecule has 3 aliphatic heterocycles. The number of piperidine rings is 2. The van der Waals surface area contributed by atoms with Crippen LogP contribution in [0.1, 0.15) is 65.0 Å². The number of aromatic nitrogens is 1. The van der Waals surface area contributed by atoms with Crippen molar-refractivity contribution in [2.24, 2.45) is 0 Å². The first-order chi connectivity index (χ1) is 18.1. The number of allylic oxidation sites excluding steroid dienone is 1. The van der Waals surface area contributed by atoms with Gasteiger partial charge in [0.15, 0.2) is 0 Å². The van der Waals surface area contributed by atoms with E-state index in [1.54, 1.807) is 11.8 Å². The number of likely N-dealkylation sites (tertiary alicyclic amines) is 2. The van der Waals surface area contributed by atoms with Gasteiger partial charge in [0.2, 0.25) is 0 Å². The van der Waals surface area contributed by atoms with Crippen LogP contribution in [0.2, 0.25) is 0 Å². The van der Waals surface area contributed by atoms with Crippen molar-refractivity contribution in [3.63, 3.8) is 0 Å². The Hall–Kier alpha value is -2.85. The Morgan fingerprint density at radius 3 is 2.50 bits per heavy atom. The Bertz CT molecular complexity index is 1320. The molecule has 0 unspecified atom stereocenters. The molecule has 2 fully saturated rings. The summed E-state index contributed by atoms with van der Waals surface area (Å²) in [5.74, 6) is -5.16. The summed E-state index contributed by atoms with van der Waals surface area (Å²) in [6.45, 7) is 7.97. The lowest BCUT2D eigenvalue weighted by molar-refractivity contribution is -0.110. The highest BCUT2D eigenvalue weighted by Gasteiger charge is 2.40. The van der Waals surface area contributed by atoms with E-state index in [0.717, 1.165) is 25.9 Å². The van der Waals surface area contributed by atoms with Gasteiger partial charge < -0.3 is 20.1 Å². The molecule has 38 heavy (non-hydrogen) atoms. The molecule has 4 heterocycles. The van der Waals surface area contributed by atoms with Crippen LogP contribution in [0.25, 0.3) is 11.6 Å². The van der Waals surface area contributed by atoms with Crippen LogP contribution in [-0.2, 0) is 10.7 Å². The number of alkyl halides is 2. The van der Waals surface area contributed by atoms with E-state index in [1.165, 1.54) is 37.5 Å². The third-order valence-corrected chi connectivity index (χ3v) is 8.42. The third kappa shape index (κ3) is 4.84. The molecular weight excluding hydrogens is 561 g/mol. The SMILES string of the molecule is C=CC(F)(F)c1c(/C=C2\C(=O)Nc3c(Br)cc(F)cc32)[nH]c(C)c1C(=O)N1CCC(N2CCCCC2)CC1. The van der Waals surface area contributed by atoms with Crippen molar-refractivity contribution in [3.8, 4) is 0 Å². The van der Waals surface area contributed by atoms with Crippen LogP contribution in [0.15, 0.2) is 29.3 Å². The number of hydrogen-bond acceptors (Lipinski definition) is 3. The lowest BCUT2D eigenvalue weighted by atomic mass is 9.96. The third-order valence-electron chi connectivity index (χ3n) is 7.80. The molecule has 5 rings (SSSR count). The van der Waals surface area contributed by atoms with Gasteiger partial charge in [0.05, 0.1) is 22.4 Å². The van der Waals surface area contributed by atoms with Crippen LogP contribution in [0, 0.1) is 12.7 Å². The minimum Gasteiger partial charge on any atom is -0.358 e. The van der Waals surface area contributed by atoms with Gasteiger partial charge in [-0.1, -0.05) is 13.0 Å². The van der Waals surface area contributed by atoms with E-state index in [1.807, 2.05) is 0 Å². The fourth-order valence-electron chi connectivity index (χ4n) is 5.85. The average molecular weight is 591 g/mol. The Morgan fingerprint density at radius 1 is 1.16 bits per heavy atom. The van der Waals surface area contributed by atoms with Crippen molar-refractivity contribution in [2.45, 2.75) is 51.0 Å². The Balaban J connectivity index is 1.49. The molecule has 2 amide bonds. The van der Waals surface area contributed by atoms with Gasteiger partial charge in [-0.25, -0.2) is 4.39 Å². The van der Waals surface area contributed by atoms with Crippen molar-refractivity contribution < 1.29 is 22.8 Å². The Labute approximate surface area is 228 Å². The minimum atomic E-state index is -3.55. The highest BCUT2D eigenvalue weighted by atomic mass is 79.9. The summed E-state index contributed by atoms with van der Waals surface area (Å²) in [5, 5.41) is 2.64. The van der Waals surface area contributed by atoms with Gasteiger partial charge >= 0.3 is 0 Å². The molecule has 2 N–H and O–H groups in total. The molecule has 0 radical (unpaired) electrons. The van der Waals surface area contributed by atoms with Gasteiger partial charge in [-0.05, 0) is 85.9 Å². The monoisotopic (exact) mass is 590 g/mol. The van der Waals surface area contributed by atoms with Gasteiger partial charge in [0, 0.05) is 40.6 Å². The molecule has 2 aromatic rings. The van der Waals surface area contributed by atoms with E-state index in [2.05, 4.69) is 37.7 Å². The van der Waals surface area contributed by atoms with Crippen molar-refractivity contribution in [2.75, 3.05) is 31.5 Å². The van der Waals surface area contributed by atoms with Gasteiger partial charge in [0.25, 0.3) is 17.7 Å². The number of carbonyl (C=O) groups excluding carboxylic acids is 2. The number of amides is 2. The van der Waals surface area contributed by atoms with Crippen molar-refractivity contribution in [3.05, 3.63) is 63.2 Å². The quantitative estimate of drug-likeness (QED) is 0.327. The van der Waals surface area contributed by atoms with Crippen LogP contribution in [0.3, 0.4) is 0 Å². The molecular formula is C28H30BrF3N4O2. The van der Waals surface area contributed by atoms with Crippen LogP contribution >= 0.6 is 15.9 Å². The Morgan fingerprint density at radius 2 is 1.84 bits per heavy atom. The second kappa shape index (κ2) is 10.4. The molecule has 0 spiro atoms. The normalized spacial score (nSPS) is 20.1. The minimum absolute atomic E-state index is 0.0175. The Kier molecular flexibility index (Phi) is 7.30. The van der Waals surface area contributed by atoms with E-state index in [4.69, 9.17) is 0 Å². The summed E-state index contributed by atoms with van der Waals surface area (Å²) in [6.07, 6.45) is 6.98. The number of hydrogen-bond donors (Lipinski definition) is 2. The number of aromatic amines is 1. The predicted octanol–water partition coefficient (Wildman–Crippen LogP) is 6.09. The molecule has 1 aromatic heterocycles. The zero-order valence-electron chi connectivity index (χ0n) is 21.2. The number of H-pyrrole nitrogens is 1. The molecule has 0 aliphatic carbocycles. The first-order valence-corrected chi connectivity index (χ1v) is 13.7. The standard InChI is InChI=1S/C28H30BrF3N4O2/c1-3-28(31,32)24-22(15-20-19-13-17(30)14-21(29)25(19)34-26(20)37)33-16(2)23(24)27(38)36-11-7-18(8-12-36)35-9-5-4-6-10-35/h3,13-15,18,33H,1,4-12H2,2H3,(H,34,37)/b20-15-. The molecule has 0 saturated carbocycles. The fourth-order valence-corrected chi connectivity index (χ4v) is 6.38. The molecule has 0 bridgehead atoms. The zero-order valence-corrected chi connectivity index (χ0v) is 22.8. The summed E-state index contributed by atoms with van der Waals surface area (Å²) in [5.41, 5.74) is 0.164. The van der Waals surface area contributed by atoms with E-state index >= 15 is 8.78 Å².